The number of benzene rings is 1. The lowest BCUT2D eigenvalue weighted by atomic mass is 10.00. The molecule has 0 unspecified atom stereocenters. The van der Waals surface area contributed by atoms with Crippen molar-refractivity contribution in [2.75, 3.05) is 18.0 Å². The number of amides is 2. The number of hydrogen-bond donors (Lipinski definition) is 0. The number of likely N-dealkylation sites (tertiary alicyclic amines) is 1. The highest BCUT2D eigenvalue weighted by atomic mass is 16.6. The normalized spacial score (nSPS) is 19.2. The smallest absolute Gasteiger partial charge is 0.325 e. The number of nitro groups is 1. The van der Waals surface area contributed by atoms with Crippen LogP contribution < -0.4 is 4.90 Å². The van der Waals surface area contributed by atoms with E-state index in [-0.39, 0.29) is 28.6 Å². The largest absolute Gasteiger partial charge is 0.339 e. The minimum atomic E-state index is -0.377. The lowest BCUT2D eigenvalue weighted by Gasteiger charge is -2.34. The van der Waals surface area contributed by atoms with Crippen molar-refractivity contribution in [3.05, 3.63) is 45.6 Å². The quantitative estimate of drug-likeness (QED) is 0.587. The summed E-state index contributed by atoms with van der Waals surface area (Å²) in [5.41, 5.74) is 1.34. The van der Waals surface area contributed by atoms with Crippen LogP contribution in [0, 0.1) is 10.1 Å². The van der Waals surface area contributed by atoms with Gasteiger partial charge in [-0.1, -0.05) is 25.1 Å². The van der Waals surface area contributed by atoms with Crippen molar-refractivity contribution in [2.24, 2.45) is 0 Å². The van der Waals surface area contributed by atoms with Crippen molar-refractivity contribution >= 4 is 17.4 Å². The third-order valence-corrected chi connectivity index (χ3v) is 5.40. The second-order valence-electron chi connectivity index (χ2n) is 7.57. The van der Waals surface area contributed by atoms with Crippen LogP contribution in [-0.4, -0.2) is 39.1 Å². The van der Waals surface area contributed by atoms with Crippen molar-refractivity contribution < 1.29 is 14.2 Å². The van der Waals surface area contributed by atoms with Gasteiger partial charge in [-0.25, -0.2) is 4.79 Å². The summed E-state index contributed by atoms with van der Waals surface area (Å²) in [6.07, 6.45) is 2.93. The van der Waals surface area contributed by atoms with Gasteiger partial charge < -0.3 is 9.42 Å². The number of nitro benzene ring substituents is 1. The third-order valence-electron chi connectivity index (χ3n) is 5.40. The molecule has 2 amide bonds. The van der Waals surface area contributed by atoms with E-state index in [4.69, 9.17) is 4.52 Å². The number of urea groups is 1. The highest BCUT2D eigenvalue weighted by molar-refractivity contribution is 5.94. The van der Waals surface area contributed by atoms with Crippen LogP contribution >= 0.6 is 0 Å². The Morgan fingerprint density at radius 1 is 1.32 bits per heavy atom. The minimum Gasteiger partial charge on any atom is -0.339 e. The first kappa shape index (κ1) is 18.4. The van der Waals surface area contributed by atoms with Gasteiger partial charge in [-0.2, -0.15) is 4.98 Å². The van der Waals surface area contributed by atoms with Gasteiger partial charge in [0.1, 0.15) is 0 Å². The molecule has 2 aromatic rings. The number of carbonyl (C=O) groups is 1. The van der Waals surface area contributed by atoms with Gasteiger partial charge in [0, 0.05) is 25.1 Å². The summed E-state index contributed by atoms with van der Waals surface area (Å²) in [6.45, 7) is 5.11. The van der Waals surface area contributed by atoms with Crippen LogP contribution in [0.1, 0.15) is 62.3 Å². The molecule has 3 heterocycles. The van der Waals surface area contributed by atoms with E-state index in [1.54, 1.807) is 21.9 Å². The Morgan fingerprint density at radius 3 is 2.86 bits per heavy atom. The van der Waals surface area contributed by atoms with Crippen molar-refractivity contribution in [1.82, 2.24) is 15.0 Å². The number of nitrogens with zero attached hydrogens (tertiary/aromatic N) is 5. The molecule has 0 radical (unpaired) electrons. The molecule has 1 saturated heterocycles. The lowest BCUT2D eigenvalue weighted by Crippen LogP contribution is -2.45. The van der Waals surface area contributed by atoms with E-state index in [1.165, 1.54) is 6.07 Å². The van der Waals surface area contributed by atoms with Gasteiger partial charge in [0.25, 0.3) is 5.69 Å². The first-order chi connectivity index (χ1) is 13.5. The summed E-state index contributed by atoms with van der Waals surface area (Å²) in [5.74, 6) is 1.22. The first-order valence-corrected chi connectivity index (χ1v) is 9.65. The Hall–Kier alpha value is -2.97. The molecule has 0 spiro atoms. The molecule has 1 aromatic carbocycles. The second-order valence-corrected chi connectivity index (χ2v) is 7.57. The number of carbonyl (C=O) groups excluding carboxylic acids is 1. The Balaban J connectivity index is 1.63. The number of hydrogen-bond acceptors (Lipinski definition) is 6. The number of fused-ring (bicyclic) bond motifs is 1. The maximum Gasteiger partial charge on any atom is 0.325 e. The van der Waals surface area contributed by atoms with Crippen molar-refractivity contribution in [1.29, 1.82) is 0 Å². The van der Waals surface area contributed by atoms with E-state index in [1.807, 2.05) is 13.8 Å². The Morgan fingerprint density at radius 2 is 2.14 bits per heavy atom. The molecule has 1 aromatic heterocycles. The van der Waals surface area contributed by atoms with E-state index < -0.39 is 0 Å². The summed E-state index contributed by atoms with van der Waals surface area (Å²) in [5, 5.41) is 15.5. The van der Waals surface area contributed by atoms with Crippen LogP contribution in [0.15, 0.2) is 22.7 Å². The maximum atomic E-state index is 13.4. The first-order valence-electron chi connectivity index (χ1n) is 9.65. The molecule has 0 aliphatic carbocycles. The molecular weight excluding hydrogens is 362 g/mol. The van der Waals surface area contributed by atoms with Crippen LogP contribution in [0.5, 0.6) is 0 Å². The molecule has 9 nitrogen and oxygen atoms in total. The van der Waals surface area contributed by atoms with Crippen LogP contribution in [0.4, 0.5) is 16.2 Å². The van der Waals surface area contributed by atoms with Gasteiger partial charge >= 0.3 is 6.03 Å². The Bertz CT molecular complexity index is 909. The molecule has 0 N–H and O–H groups in total. The molecule has 0 saturated carbocycles. The van der Waals surface area contributed by atoms with E-state index in [2.05, 4.69) is 10.1 Å². The summed E-state index contributed by atoms with van der Waals surface area (Å²) < 4.78 is 5.32. The number of rotatable bonds is 3. The molecule has 2 aliphatic heterocycles. The summed E-state index contributed by atoms with van der Waals surface area (Å²) in [6, 6.07) is 4.54. The van der Waals surface area contributed by atoms with Crippen LogP contribution in [0.2, 0.25) is 0 Å². The molecule has 1 atom stereocenters. The van der Waals surface area contributed by atoms with Crippen molar-refractivity contribution in [3.63, 3.8) is 0 Å². The van der Waals surface area contributed by atoms with E-state index in [0.717, 1.165) is 12.8 Å². The number of anilines is 1. The Kier molecular flexibility index (Phi) is 4.74. The summed E-state index contributed by atoms with van der Waals surface area (Å²) >= 11 is 0. The monoisotopic (exact) mass is 385 g/mol. The topological polar surface area (TPSA) is 106 Å². The Labute approximate surface area is 162 Å². The van der Waals surface area contributed by atoms with Gasteiger partial charge in [0.2, 0.25) is 5.89 Å². The minimum absolute atomic E-state index is 0.0766. The zero-order valence-electron chi connectivity index (χ0n) is 16.0. The summed E-state index contributed by atoms with van der Waals surface area (Å²) in [7, 11) is 0. The molecule has 2 aliphatic rings. The molecule has 9 heteroatoms. The highest BCUT2D eigenvalue weighted by Crippen LogP contribution is 2.37. The molecular formula is C19H23N5O4. The molecule has 4 rings (SSSR count). The van der Waals surface area contributed by atoms with Crippen molar-refractivity contribution in [3.8, 4) is 0 Å². The zero-order valence-corrected chi connectivity index (χ0v) is 16.0. The third kappa shape index (κ3) is 3.10. The van der Waals surface area contributed by atoms with Gasteiger partial charge in [0.15, 0.2) is 5.82 Å². The van der Waals surface area contributed by atoms with Crippen LogP contribution in [0.25, 0.3) is 0 Å². The van der Waals surface area contributed by atoms with Gasteiger partial charge in [-0.3, -0.25) is 15.0 Å². The fraction of sp³-hybridized carbons (Fsp3) is 0.526. The highest BCUT2D eigenvalue weighted by Gasteiger charge is 2.38. The van der Waals surface area contributed by atoms with Crippen LogP contribution in [-0.2, 0) is 6.42 Å². The fourth-order valence-corrected chi connectivity index (χ4v) is 4.01. The van der Waals surface area contributed by atoms with E-state index in [0.29, 0.717) is 48.9 Å². The molecule has 28 heavy (non-hydrogen) atoms. The lowest BCUT2D eigenvalue weighted by molar-refractivity contribution is -0.385. The standard InChI is InChI=1S/C19H23N5O4/c1-12(2)18-20-17(21-28-18)16-9-5-11-23(16)19(25)22-10-4-6-13-14(22)7-3-8-15(13)24(26)27/h3,7-8,12,16H,4-6,9-11H2,1-2H3/t16-/m1/s1. The predicted octanol–water partition coefficient (Wildman–Crippen LogP) is 3.81. The van der Waals surface area contributed by atoms with Gasteiger partial charge in [0.05, 0.1) is 22.2 Å². The van der Waals surface area contributed by atoms with E-state index in [9.17, 15) is 14.9 Å². The predicted molar refractivity (Wildman–Crippen MR) is 101 cm³/mol. The molecule has 148 valence electrons. The van der Waals surface area contributed by atoms with Gasteiger partial charge in [-0.05, 0) is 31.7 Å². The fourth-order valence-electron chi connectivity index (χ4n) is 4.01. The van der Waals surface area contributed by atoms with E-state index >= 15 is 0 Å². The molecule has 1 fully saturated rings. The second kappa shape index (κ2) is 7.21. The SMILES string of the molecule is CC(C)c1nc([C@H]2CCCN2C(=O)N2CCCc3c2cccc3[N+](=O)[O-])no1. The average Bonchev–Trinajstić information content (AvgIpc) is 3.35. The maximum absolute atomic E-state index is 13.4. The van der Waals surface area contributed by atoms with Crippen molar-refractivity contribution in [2.45, 2.75) is 51.5 Å². The molecule has 0 bridgehead atoms. The average molecular weight is 385 g/mol. The zero-order chi connectivity index (χ0) is 19.8. The van der Waals surface area contributed by atoms with Crippen LogP contribution in [0.3, 0.4) is 0 Å². The number of aromatic nitrogens is 2. The summed E-state index contributed by atoms with van der Waals surface area (Å²) in [4.78, 5) is 32.3. The van der Waals surface area contributed by atoms with Gasteiger partial charge in [-0.15, -0.1) is 0 Å².